The fraction of sp³-hybridized carbons (Fsp3) is 0.636. The average molecular weight is 225 g/mol. The number of allylic oxidation sites excluding steroid dienone is 2. The molecule has 1 aliphatic carbocycles. The quantitative estimate of drug-likeness (QED) is 0.446. The van der Waals surface area contributed by atoms with E-state index >= 15 is 0 Å². The third-order valence-electron chi connectivity index (χ3n) is 3.14. The molecule has 2 amide bonds. The van der Waals surface area contributed by atoms with Crippen molar-refractivity contribution in [2.24, 2.45) is 11.8 Å². The smallest absolute Gasteiger partial charge is 0.233 e. The first kappa shape index (κ1) is 10.7. The molecule has 4 heteroatoms. The van der Waals surface area contributed by atoms with E-state index in [9.17, 15) is 9.59 Å². The minimum Gasteiger partial charge on any atom is -0.282 e. The highest BCUT2D eigenvalue weighted by Crippen LogP contribution is 2.34. The third kappa shape index (κ3) is 1.83. The van der Waals surface area contributed by atoms with E-state index in [2.05, 4.69) is 12.6 Å². The van der Waals surface area contributed by atoms with Gasteiger partial charge in [-0.05, 0) is 25.0 Å². The van der Waals surface area contributed by atoms with Crippen molar-refractivity contribution >= 4 is 24.4 Å². The minimum atomic E-state index is -0.0811. The van der Waals surface area contributed by atoms with Gasteiger partial charge in [0.15, 0.2) is 0 Å². The summed E-state index contributed by atoms with van der Waals surface area (Å²) >= 11 is 4.09. The van der Waals surface area contributed by atoms with Gasteiger partial charge in [0.2, 0.25) is 11.8 Å². The molecule has 1 fully saturated rings. The molecule has 2 aliphatic rings. The number of fused-ring (bicyclic) bond motifs is 1. The highest BCUT2D eigenvalue weighted by molar-refractivity contribution is 7.80. The van der Waals surface area contributed by atoms with E-state index in [-0.39, 0.29) is 23.7 Å². The summed E-state index contributed by atoms with van der Waals surface area (Å²) < 4.78 is 0. The van der Waals surface area contributed by atoms with Crippen molar-refractivity contribution < 1.29 is 9.59 Å². The largest absolute Gasteiger partial charge is 0.282 e. The number of hydrogen-bond acceptors (Lipinski definition) is 3. The highest BCUT2D eigenvalue weighted by Gasteiger charge is 2.46. The predicted octanol–water partition coefficient (Wildman–Crippen LogP) is 1.26. The van der Waals surface area contributed by atoms with E-state index in [1.54, 1.807) is 0 Å². The van der Waals surface area contributed by atoms with Crippen LogP contribution in [0.4, 0.5) is 0 Å². The van der Waals surface area contributed by atoms with Crippen LogP contribution in [0.25, 0.3) is 0 Å². The van der Waals surface area contributed by atoms with Crippen molar-refractivity contribution in [2.75, 3.05) is 12.3 Å². The summed E-state index contributed by atoms with van der Waals surface area (Å²) in [5.41, 5.74) is 0. The molecule has 0 saturated carbocycles. The second-order valence-electron chi connectivity index (χ2n) is 4.06. The molecule has 1 saturated heterocycles. The zero-order valence-electron chi connectivity index (χ0n) is 8.56. The van der Waals surface area contributed by atoms with Crippen LogP contribution >= 0.6 is 12.6 Å². The molecule has 1 heterocycles. The number of thiol groups is 1. The van der Waals surface area contributed by atoms with E-state index in [4.69, 9.17) is 0 Å². The van der Waals surface area contributed by atoms with Gasteiger partial charge in [0.1, 0.15) is 0 Å². The van der Waals surface area contributed by atoms with Crippen molar-refractivity contribution in [3.63, 3.8) is 0 Å². The minimum absolute atomic E-state index is 0.0242. The molecule has 0 aromatic carbocycles. The van der Waals surface area contributed by atoms with Gasteiger partial charge in [0, 0.05) is 6.54 Å². The Morgan fingerprint density at radius 3 is 2.20 bits per heavy atom. The summed E-state index contributed by atoms with van der Waals surface area (Å²) in [5.74, 6) is 0.599. The lowest BCUT2D eigenvalue weighted by atomic mass is 9.85. The van der Waals surface area contributed by atoms with Gasteiger partial charge >= 0.3 is 0 Å². The standard InChI is InChI=1S/C11H15NO2S/c13-10-8-4-1-2-5-9(8)11(14)12(10)6-3-7-15/h1-2,8-9,15H,3-7H2/t8-,9+. The molecule has 3 nitrogen and oxygen atoms in total. The van der Waals surface area contributed by atoms with Gasteiger partial charge < -0.3 is 0 Å². The molecule has 2 rings (SSSR count). The summed E-state index contributed by atoms with van der Waals surface area (Å²) in [7, 11) is 0. The van der Waals surface area contributed by atoms with E-state index in [1.165, 1.54) is 4.90 Å². The Balaban J connectivity index is 2.10. The van der Waals surface area contributed by atoms with Gasteiger partial charge in [0.25, 0.3) is 0 Å². The Morgan fingerprint density at radius 1 is 1.20 bits per heavy atom. The maximum absolute atomic E-state index is 11.9. The SMILES string of the molecule is O=C1[C@H]2CC=CC[C@H]2C(=O)N1CCCS. The molecule has 0 N–H and O–H groups in total. The summed E-state index contributed by atoms with van der Waals surface area (Å²) in [6.45, 7) is 0.536. The van der Waals surface area contributed by atoms with E-state index in [0.717, 1.165) is 19.3 Å². The normalized spacial score (nSPS) is 29.8. The highest BCUT2D eigenvalue weighted by atomic mass is 32.1. The molecule has 82 valence electrons. The number of imide groups is 1. The Kier molecular flexibility index (Phi) is 3.14. The fourth-order valence-electron chi connectivity index (χ4n) is 2.32. The summed E-state index contributed by atoms with van der Waals surface area (Å²) in [6.07, 6.45) is 6.26. The third-order valence-corrected chi connectivity index (χ3v) is 3.45. The first-order chi connectivity index (χ1) is 7.25. The van der Waals surface area contributed by atoms with Crippen LogP contribution < -0.4 is 0 Å². The van der Waals surface area contributed by atoms with Crippen LogP contribution in [0.15, 0.2) is 12.2 Å². The maximum Gasteiger partial charge on any atom is 0.233 e. The van der Waals surface area contributed by atoms with E-state index < -0.39 is 0 Å². The first-order valence-electron chi connectivity index (χ1n) is 5.36. The zero-order chi connectivity index (χ0) is 10.8. The van der Waals surface area contributed by atoms with Crippen molar-refractivity contribution in [3.05, 3.63) is 12.2 Å². The first-order valence-corrected chi connectivity index (χ1v) is 6.00. The number of carbonyl (C=O) groups is 2. The van der Waals surface area contributed by atoms with Crippen LogP contribution in [-0.2, 0) is 9.59 Å². The van der Waals surface area contributed by atoms with Gasteiger partial charge in [-0.3, -0.25) is 14.5 Å². The fourth-order valence-corrected chi connectivity index (χ4v) is 2.46. The molecule has 0 spiro atoms. The lowest BCUT2D eigenvalue weighted by Crippen LogP contribution is -2.32. The van der Waals surface area contributed by atoms with Crippen LogP contribution in [-0.4, -0.2) is 29.0 Å². The monoisotopic (exact) mass is 225 g/mol. The maximum atomic E-state index is 11.9. The molecule has 0 aromatic rings. The van der Waals surface area contributed by atoms with Gasteiger partial charge in [-0.25, -0.2) is 0 Å². The Labute approximate surface area is 94.9 Å². The second kappa shape index (κ2) is 4.39. The van der Waals surface area contributed by atoms with Gasteiger partial charge in [0.05, 0.1) is 11.8 Å². The number of nitrogens with zero attached hydrogens (tertiary/aromatic N) is 1. The second-order valence-corrected chi connectivity index (χ2v) is 4.51. The van der Waals surface area contributed by atoms with E-state index in [0.29, 0.717) is 12.3 Å². The molecule has 2 atom stereocenters. The summed E-state index contributed by atoms with van der Waals surface area (Å²) in [6, 6.07) is 0. The molecule has 0 radical (unpaired) electrons. The van der Waals surface area contributed by atoms with Gasteiger partial charge in [-0.15, -0.1) is 0 Å². The van der Waals surface area contributed by atoms with E-state index in [1.807, 2.05) is 12.2 Å². The Bertz CT molecular complexity index is 288. The number of amides is 2. The van der Waals surface area contributed by atoms with Crippen molar-refractivity contribution in [3.8, 4) is 0 Å². The molecule has 0 bridgehead atoms. The molecular formula is C11H15NO2S. The van der Waals surface area contributed by atoms with Crippen LogP contribution in [0, 0.1) is 11.8 Å². The van der Waals surface area contributed by atoms with Crippen LogP contribution in [0.5, 0.6) is 0 Å². The van der Waals surface area contributed by atoms with Crippen molar-refractivity contribution in [2.45, 2.75) is 19.3 Å². The summed E-state index contributed by atoms with van der Waals surface area (Å²) in [5, 5.41) is 0. The lowest BCUT2D eigenvalue weighted by molar-refractivity contribution is -0.139. The van der Waals surface area contributed by atoms with Crippen LogP contribution in [0.3, 0.4) is 0 Å². The molecular weight excluding hydrogens is 210 g/mol. The van der Waals surface area contributed by atoms with Crippen LogP contribution in [0.1, 0.15) is 19.3 Å². The van der Waals surface area contributed by atoms with Gasteiger partial charge in [-0.2, -0.15) is 12.6 Å². The summed E-state index contributed by atoms with van der Waals surface area (Å²) in [4.78, 5) is 25.2. The van der Waals surface area contributed by atoms with Gasteiger partial charge in [-0.1, -0.05) is 12.2 Å². The number of carbonyl (C=O) groups excluding carboxylic acids is 2. The topological polar surface area (TPSA) is 37.4 Å². The van der Waals surface area contributed by atoms with Crippen molar-refractivity contribution in [1.29, 1.82) is 0 Å². The number of rotatable bonds is 3. The molecule has 0 aromatic heterocycles. The molecule has 1 aliphatic heterocycles. The number of likely N-dealkylation sites (tertiary alicyclic amines) is 1. The lowest BCUT2D eigenvalue weighted by Gasteiger charge is -2.14. The predicted molar refractivity (Wildman–Crippen MR) is 60.5 cm³/mol. The number of hydrogen-bond donors (Lipinski definition) is 1. The Hall–Kier alpha value is -0.770. The van der Waals surface area contributed by atoms with Crippen molar-refractivity contribution in [1.82, 2.24) is 4.90 Å². The average Bonchev–Trinajstić information content (AvgIpc) is 2.51. The Morgan fingerprint density at radius 2 is 1.73 bits per heavy atom. The van der Waals surface area contributed by atoms with Crippen LogP contribution in [0.2, 0.25) is 0 Å². The molecule has 0 unspecified atom stereocenters. The zero-order valence-corrected chi connectivity index (χ0v) is 9.45. The molecule has 15 heavy (non-hydrogen) atoms.